The summed E-state index contributed by atoms with van der Waals surface area (Å²) < 4.78 is 209. The number of esters is 2. The maximum Gasteiger partial charge on any atom is 0.381 e. The Balaban J connectivity index is 5.09. The topological polar surface area (TPSA) is 52.6 Å². The van der Waals surface area contributed by atoms with Crippen molar-refractivity contribution in [3.8, 4) is 0 Å². The molecule has 0 saturated heterocycles. The smallest absolute Gasteiger partial charge is 0.381 e. The van der Waals surface area contributed by atoms with E-state index in [-0.39, 0.29) is 0 Å². The van der Waals surface area contributed by atoms with Crippen LogP contribution in [0.1, 0.15) is 0 Å². The van der Waals surface area contributed by atoms with E-state index in [1.165, 1.54) is 0 Å². The molecule has 200 valence electrons. The van der Waals surface area contributed by atoms with Gasteiger partial charge >= 0.3 is 60.3 Å². The van der Waals surface area contributed by atoms with E-state index in [9.17, 15) is 79.8 Å². The van der Waals surface area contributed by atoms with E-state index >= 15 is 0 Å². The lowest BCUT2D eigenvalue weighted by molar-refractivity contribution is -0.344. The molecule has 0 rings (SSSR count). The van der Waals surface area contributed by atoms with Crippen LogP contribution in [-0.4, -0.2) is 73.5 Å². The number of carbonyl (C=O) groups excluding carboxylic acids is 2. The zero-order chi connectivity index (χ0) is 27.6. The second-order valence-corrected chi connectivity index (χ2v) is 5.95. The summed E-state index contributed by atoms with van der Waals surface area (Å²) in [5.41, 5.74) is 0. The molecule has 0 radical (unpaired) electrons. The summed E-state index contributed by atoms with van der Waals surface area (Å²) in [6.07, 6.45) is -11.5. The number of ether oxygens (including phenoxy) is 2. The lowest BCUT2D eigenvalue weighted by Gasteiger charge is -2.31. The van der Waals surface area contributed by atoms with E-state index in [1.54, 1.807) is 0 Å². The zero-order valence-corrected chi connectivity index (χ0v) is 15.4. The molecule has 0 atom stereocenters. The SMILES string of the molecule is O=C(/C=C\C(=O)OCC(F)(F)C(F)(F)C(F)(F)C(F)F)OCC(F)(F)C(F)(F)C(F)(F)C(F)F. The van der Waals surface area contributed by atoms with Crippen LogP contribution in [0.2, 0.25) is 0 Å². The van der Waals surface area contributed by atoms with E-state index < -0.39 is 85.7 Å². The Labute approximate surface area is 176 Å². The third-order valence-electron chi connectivity index (χ3n) is 3.45. The maximum absolute atomic E-state index is 13.1. The first-order chi connectivity index (χ1) is 14.9. The van der Waals surface area contributed by atoms with Gasteiger partial charge in [0.05, 0.1) is 0 Å². The van der Waals surface area contributed by atoms with Gasteiger partial charge in [-0.3, -0.25) is 0 Å². The number of hydrogen-bond acceptors (Lipinski definition) is 4. The predicted molar refractivity (Wildman–Crippen MR) is 72.7 cm³/mol. The molecule has 0 aromatic heterocycles. The van der Waals surface area contributed by atoms with E-state index in [1.807, 2.05) is 0 Å². The first-order valence-electron chi connectivity index (χ1n) is 7.73. The number of rotatable bonds is 12. The van der Waals surface area contributed by atoms with Gasteiger partial charge in [0.15, 0.2) is 13.2 Å². The van der Waals surface area contributed by atoms with Crippen LogP contribution in [0.4, 0.5) is 70.2 Å². The standard InChI is InChI=1S/C14H8F16O4/c15-7(16)11(23,24)13(27,28)9(19,20)3-33-5(31)1-2-6(32)34-4-10(21,22)14(29,30)12(25,26)8(17)18/h1-2,7-8H,3-4H2/b2-1-. The van der Waals surface area contributed by atoms with Gasteiger partial charge in [0.25, 0.3) is 0 Å². The maximum atomic E-state index is 13.1. The van der Waals surface area contributed by atoms with Crippen LogP contribution >= 0.6 is 0 Å². The van der Waals surface area contributed by atoms with E-state index in [0.29, 0.717) is 0 Å². The Kier molecular flexibility index (Phi) is 9.32. The molecule has 20 heteroatoms. The Hall–Kier alpha value is -2.44. The molecule has 0 N–H and O–H groups in total. The normalized spacial score (nSPS) is 14.8. The minimum Gasteiger partial charge on any atom is -0.456 e. The Morgan fingerprint density at radius 1 is 0.559 bits per heavy atom. The van der Waals surface area contributed by atoms with Crippen LogP contribution in [0.3, 0.4) is 0 Å². The second-order valence-electron chi connectivity index (χ2n) is 5.95. The number of alkyl halides is 16. The number of carbonyl (C=O) groups is 2. The van der Waals surface area contributed by atoms with Gasteiger partial charge in [0.2, 0.25) is 0 Å². The largest absolute Gasteiger partial charge is 0.456 e. The molecular weight excluding hydrogens is 536 g/mol. The van der Waals surface area contributed by atoms with Crippen LogP contribution in [-0.2, 0) is 19.1 Å². The minimum atomic E-state index is -6.77. The quantitative estimate of drug-likeness (QED) is 0.198. The highest BCUT2D eigenvalue weighted by Crippen LogP contribution is 2.49. The van der Waals surface area contributed by atoms with Gasteiger partial charge in [-0.25, -0.2) is 27.2 Å². The predicted octanol–water partition coefficient (Wildman–Crippen LogP) is 4.97. The van der Waals surface area contributed by atoms with Crippen LogP contribution in [0.5, 0.6) is 0 Å². The number of halogens is 16. The molecule has 0 amide bonds. The average molecular weight is 544 g/mol. The van der Waals surface area contributed by atoms with Crippen LogP contribution in [0.15, 0.2) is 12.2 Å². The van der Waals surface area contributed by atoms with Gasteiger partial charge in [-0.05, 0) is 0 Å². The molecule has 0 bridgehead atoms. The van der Waals surface area contributed by atoms with Crippen molar-refractivity contribution in [2.24, 2.45) is 0 Å². The van der Waals surface area contributed by atoms with Crippen LogP contribution < -0.4 is 0 Å². The Morgan fingerprint density at radius 2 is 0.794 bits per heavy atom. The van der Waals surface area contributed by atoms with E-state index in [4.69, 9.17) is 0 Å². The molecule has 0 aromatic rings. The van der Waals surface area contributed by atoms with Gasteiger partial charge in [-0.2, -0.15) is 52.7 Å². The molecule has 0 aromatic carbocycles. The summed E-state index contributed by atoms with van der Waals surface area (Å²) in [5.74, 6) is -43.6. The molecule has 0 spiro atoms. The van der Waals surface area contributed by atoms with Gasteiger partial charge in [-0.1, -0.05) is 0 Å². The lowest BCUT2D eigenvalue weighted by atomic mass is 10.1. The summed E-state index contributed by atoms with van der Waals surface area (Å²) in [6.45, 7) is -5.99. The molecule has 0 aliphatic carbocycles. The summed E-state index contributed by atoms with van der Waals surface area (Å²) in [6, 6.07) is 0. The Morgan fingerprint density at radius 3 is 1.00 bits per heavy atom. The molecule has 0 heterocycles. The monoisotopic (exact) mass is 544 g/mol. The molecule has 34 heavy (non-hydrogen) atoms. The van der Waals surface area contributed by atoms with Crippen molar-refractivity contribution in [2.45, 2.75) is 48.4 Å². The first-order valence-corrected chi connectivity index (χ1v) is 7.73. The van der Waals surface area contributed by atoms with Crippen LogP contribution in [0.25, 0.3) is 0 Å². The summed E-state index contributed by atoms with van der Waals surface area (Å²) in [7, 11) is 0. The molecule has 0 unspecified atom stereocenters. The molecule has 0 fully saturated rings. The number of hydrogen-bond donors (Lipinski definition) is 0. The minimum absolute atomic E-state index is 0.439. The third kappa shape index (κ3) is 6.16. The highest BCUT2D eigenvalue weighted by Gasteiger charge is 2.76. The first kappa shape index (κ1) is 31.6. The average Bonchev–Trinajstić information content (AvgIpc) is 2.68. The highest BCUT2D eigenvalue weighted by molar-refractivity contribution is 5.91. The van der Waals surface area contributed by atoms with Gasteiger partial charge in [0.1, 0.15) is 0 Å². The molecule has 4 nitrogen and oxygen atoms in total. The van der Waals surface area contributed by atoms with Crippen molar-refractivity contribution in [3.63, 3.8) is 0 Å². The van der Waals surface area contributed by atoms with Crippen molar-refractivity contribution in [1.29, 1.82) is 0 Å². The van der Waals surface area contributed by atoms with Crippen molar-refractivity contribution < 1.29 is 89.3 Å². The van der Waals surface area contributed by atoms with Gasteiger partial charge in [-0.15, -0.1) is 0 Å². The summed E-state index contributed by atoms with van der Waals surface area (Å²) >= 11 is 0. The van der Waals surface area contributed by atoms with Crippen LogP contribution in [0, 0.1) is 0 Å². The lowest BCUT2D eigenvalue weighted by Crippen LogP contribution is -2.59. The summed E-state index contributed by atoms with van der Waals surface area (Å²) in [4.78, 5) is 22.0. The fourth-order valence-corrected chi connectivity index (χ4v) is 1.50. The molecule has 0 saturated carbocycles. The summed E-state index contributed by atoms with van der Waals surface area (Å²) in [5, 5.41) is 0. The van der Waals surface area contributed by atoms with E-state index in [2.05, 4.69) is 9.47 Å². The van der Waals surface area contributed by atoms with Crippen molar-refractivity contribution >= 4 is 11.9 Å². The van der Waals surface area contributed by atoms with Gasteiger partial charge < -0.3 is 9.47 Å². The highest BCUT2D eigenvalue weighted by atomic mass is 19.4. The molecule has 0 aliphatic rings. The Bertz CT molecular complexity index is 699. The van der Waals surface area contributed by atoms with E-state index in [0.717, 1.165) is 0 Å². The zero-order valence-electron chi connectivity index (χ0n) is 15.4. The fourth-order valence-electron chi connectivity index (χ4n) is 1.50. The third-order valence-corrected chi connectivity index (χ3v) is 3.45. The van der Waals surface area contributed by atoms with Gasteiger partial charge in [0, 0.05) is 12.2 Å². The molecule has 0 aliphatic heterocycles. The van der Waals surface area contributed by atoms with Crippen molar-refractivity contribution in [1.82, 2.24) is 0 Å². The fraction of sp³-hybridized carbons (Fsp3) is 0.714. The molecular formula is C14H8F16O4. The van der Waals surface area contributed by atoms with Crippen molar-refractivity contribution in [2.75, 3.05) is 13.2 Å². The second kappa shape index (κ2) is 10.0. The van der Waals surface area contributed by atoms with Crippen molar-refractivity contribution in [3.05, 3.63) is 12.2 Å².